The molecule has 126 valence electrons. The summed E-state index contributed by atoms with van der Waals surface area (Å²) in [5.74, 6) is 1.36. The molecule has 2 aromatic carbocycles. The van der Waals surface area contributed by atoms with Gasteiger partial charge in [0.2, 0.25) is 4.77 Å². The lowest BCUT2D eigenvalue weighted by molar-refractivity contribution is 0.415. The van der Waals surface area contributed by atoms with Gasteiger partial charge in [-0.05, 0) is 48.1 Å². The largest absolute Gasteiger partial charge is 0.497 e. The second-order valence-corrected chi connectivity index (χ2v) is 5.90. The maximum absolute atomic E-state index is 6.24. The van der Waals surface area contributed by atoms with Crippen LogP contribution in [0.2, 0.25) is 0 Å². The van der Waals surface area contributed by atoms with Crippen molar-refractivity contribution in [3.05, 3.63) is 70.0 Å². The molecule has 7 heteroatoms. The summed E-state index contributed by atoms with van der Waals surface area (Å²) in [5, 5.41) is 11.8. The Morgan fingerprint density at radius 2 is 1.92 bits per heavy atom. The number of hydrogen-bond acceptors (Lipinski definition) is 4. The highest BCUT2D eigenvalue weighted by Crippen LogP contribution is 2.21. The second kappa shape index (κ2) is 7.92. The van der Waals surface area contributed by atoms with Crippen molar-refractivity contribution in [3.63, 3.8) is 0 Å². The molecule has 0 unspecified atom stereocenters. The Hall–Kier alpha value is -2.70. The Balaban J connectivity index is 1.89. The van der Waals surface area contributed by atoms with E-state index >= 15 is 0 Å². The predicted molar refractivity (Wildman–Crippen MR) is 104 cm³/mol. The summed E-state index contributed by atoms with van der Waals surface area (Å²) in [5.41, 5.74) is 1.85. The maximum atomic E-state index is 6.24. The van der Waals surface area contributed by atoms with E-state index in [9.17, 15) is 0 Å². The number of methoxy groups -OCH3 is 1. The van der Waals surface area contributed by atoms with E-state index in [4.69, 9.17) is 28.6 Å². The van der Waals surface area contributed by atoms with Gasteiger partial charge in [-0.25, -0.2) is 5.10 Å². The van der Waals surface area contributed by atoms with Gasteiger partial charge in [0.05, 0.1) is 18.4 Å². The number of allylic oxidation sites excluding steroid dienone is 1. The van der Waals surface area contributed by atoms with Crippen LogP contribution in [0.15, 0.2) is 64.7 Å². The van der Waals surface area contributed by atoms with Gasteiger partial charge in [0, 0.05) is 5.56 Å². The first kappa shape index (κ1) is 17.1. The van der Waals surface area contributed by atoms with Gasteiger partial charge in [-0.1, -0.05) is 41.9 Å². The normalized spacial score (nSPS) is 11.8. The highest BCUT2D eigenvalue weighted by atomic mass is 35.5. The number of aromatic amines is 1. The summed E-state index contributed by atoms with van der Waals surface area (Å²) >= 11 is 11.5. The van der Waals surface area contributed by atoms with E-state index in [1.807, 2.05) is 60.7 Å². The number of aromatic nitrogens is 3. The molecule has 0 aliphatic carbocycles. The van der Waals surface area contributed by atoms with Crippen LogP contribution in [0.25, 0.3) is 17.5 Å². The van der Waals surface area contributed by atoms with Gasteiger partial charge in [-0.15, -0.1) is 0 Å². The molecule has 5 nitrogen and oxygen atoms in total. The lowest BCUT2D eigenvalue weighted by Gasteiger charge is -2.03. The molecule has 0 amide bonds. The van der Waals surface area contributed by atoms with Crippen LogP contribution in [-0.4, -0.2) is 28.2 Å². The Morgan fingerprint density at radius 3 is 2.60 bits per heavy atom. The van der Waals surface area contributed by atoms with E-state index in [-0.39, 0.29) is 0 Å². The smallest absolute Gasteiger partial charge is 0.216 e. The number of rotatable bonds is 5. The predicted octanol–water partition coefficient (Wildman–Crippen LogP) is 4.73. The van der Waals surface area contributed by atoms with Crippen molar-refractivity contribution < 1.29 is 4.74 Å². The quantitative estimate of drug-likeness (QED) is 0.521. The monoisotopic (exact) mass is 370 g/mol. The molecule has 3 rings (SSSR count). The molecule has 1 aromatic heterocycles. The highest BCUT2D eigenvalue weighted by molar-refractivity contribution is 7.71. The van der Waals surface area contributed by atoms with Crippen molar-refractivity contribution in [2.75, 3.05) is 7.11 Å². The van der Waals surface area contributed by atoms with E-state index in [2.05, 4.69) is 15.3 Å². The highest BCUT2D eigenvalue weighted by Gasteiger charge is 2.08. The number of H-pyrrole nitrogens is 1. The van der Waals surface area contributed by atoms with E-state index in [0.29, 0.717) is 15.6 Å². The van der Waals surface area contributed by atoms with E-state index in [1.165, 1.54) is 10.9 Å². The molecule has 0 atom stereocenters. The molecule has 0 saturated heterocycles. The third-order valence-electron chi connectivity index (χ3n) is 3.40. The van der Waals surface area contributed by atoms with Crippen molar-refractivity contribution in [3.8, 4) is 17.1 Å². The summed E-state index contributed by atoms with van der Waals surface area (Å²) in [4.78, 5) is 0. The summed E-state index contributed by atoms with van der Waals surface area (Å²) in [6.45, 7) is 0. The van der Waals surface area contributed by atoms with Crippen molar-refractivity contribution in [1.29, 1.82) is 0 Å². The van der Waals surface area contributed by atoms with Crippen molar-refractivity contribution >= 4 is 36.1 Å². The van der Waals surface area contributed by atoms with Crippen LogP contribution in [0.1, 0.15) is 5.56 Å². The lowest BCUT2D eigenvalue weighted by Crippen LogP contribution is -1.94. The number of nitrogens with zero attached hydrogens (tertiary/aromatic N) is 3. The topological polar surface area (TPSA) is 55.2 Å². The van der Waals surface area contributed by atoms with Gasteiger partial charge < -0.3 is 4.74 Å². The molecule has 3 aromatic rings. The second-order valence-electron chi connectivity index (χ2n) is 5.08. The Labute approximate surface area is 155 Å². The third-order valence-corrected chi connectivity index (χ3v) is 3.87. The minimum absolute atomic E-state index is 0.381. The van der Waals surface area contributed by atoms with Gasteiger partial charge in [-0.3, -0.25) is 0 Å². The molecule has 0 saturated carbocycles. The first-order valence-corrected chi connectivity index (χ1v) is 8.24. The fourth-order valence-electron chi connectivity index (χ4n) is 2.18. The fraction of sp³-hybridized carbons (Fsp3) is 0.0556. The zero-order valence-corrected chi connectivity index (χ0v) is 15.0. The molecule has 0 aliphatic heterocycles. The molecule has 0 aliphatic rings. The first-order chi connectivity index (χ1) is 12.2. The molecular formula is C18H15ClN4OS. The molecule has 0 fully saturated rings. The zero-order chi connectivity index (χ0) is 17.6. The lowest BCUT2D eigenvalue weighted by atomic mass is 10.2. The number of hydrogen-bond donors (Lipinski definition) is 1. The van der Waals surface area contributed by atoms with Crippen molar-refractivity contribution in [2.24, 2.45) is 5.10 Å². The zero-order valence-electron chi connectivity index (χ0n) is 13.4. The molecular weight excluding hydrogens is 356 g/mol. The Bertz CT molecular complexity index is 959. The van der Waals surface area contributed by atoms with Crippen molar-refractivity contribution in [1.82, 2.24) is 14.9 Å². The molecule has 25 heavy (non-hydrogen) atoms. The minimum atomic E-state index is 0.381. The number of benzene rings is 2. The van der Waals surface area contributed by atoms with Gasteiger partial charge in [0.15, 0.2) is 5.82 Å². The molecule has 0 spiro atoms. The molecule has 0 radical (unpaired) electrons. The Kier molecular flexibility index (Phi) is 5.42. The molecule has 1 N–H and O–H groups in total. The van der Waals surface area contributed by atoms with E-state index in [0.717, 1.165) is 16.9 Å². The van der Waals surface area contributed by atoms with Gasteiger partial charge in [-0.2, -0.15) is 14.9 Å². The van der Waals surface area contributed by atoms with E-state index in [1.54, 1.807) is 7.11 Å². The van der Waals surface area contributed by atoms with Crippen LogP contribution >= 0.6 is 23.8 Å². The summed E-state index contributed by atoms with van der Waals surface area (Å²) in [7, 11) is 1.62. The third kappa shape index (κ3) is 4.23. The van der Waals surface area contributed by atoms with Gasteiger partial charge >= 0.3 is 0 Å². The Morgan fingerprint density at radius 1 is 1.20 bits per heavy atom. The van der Waals surface area contributed by atoms with Crippen LogP contribution in [0.5, 0.6) is 5.75 Å². The summed E-state index contributed by atoms with van der Waals surface area (Å²) in [6.07, 6.45) is 3.36. The van der Waals surface area contributed by atoms with Crippen LogP contribution in [0.4, 0.5) is 0 Å². The number of nitrogens with one attached hydrogen (secondary N) is 1. The van der Waals surface area contributed by atoms with Gasteiger partial charge in [0.1, 0.15) is 5.75 Å². The standard InChI is InChI=1S/C18H15ClN4OS/c1-24-16-9-7-14(8-10-16)17-21-22-18(25)23(17)20-12-15(19)11-13-5-3-2-4-6-13/h2-12H,1H3,(H,22,25)/b15-11-,20-12+. The molecule has 0 bridgehead atoms. The maximum Gasteiger partial charge on any atom is 0.216 e. The fourth-order valence-corrected chi connectivity index (χ4v) is 2.53. The SMILES string of the molecule is COc1ccc(-c2n[nH]c(=S)n2/N=C/C(Cl)=C/c2ccccc2)cc1. The van der Waals surface area contributed by atoms with Crippen LogP contribution in [0.3, 0.4) is 0 Å². The summed E-state index contributed by atoms with van der Waals surface area (Å²) < 4.78 is 7.07. The first-order valence-electron chi connectivity index (χ1n) is 7.46. The van der Waals surface area contributed by atoms with Crippen LogP contribution < -0.4 is 4.74 Å². The number of halogens is 1. The van der Waals surface area contributed by atoms with Crippen LogP contribution in [-0.2, 0) is 0 Å². The van der Waals surface area contributed by atoms with Gasteiger partial charge in [0.25, 0.3) is 0 Å². The minimum Gasteiger partial charge on any atom is -0.497 e. The van der Waals surface area contributed by atoms with E-state index < -0.39 is 0 Å². The van der Waals surface area contributed by atoms with Crippen molar-refractivity contribution in [2.45, 2.75) is 0 Å². The number of ether oxygens (including phenoxy) is 1. The van der Waals surface area contributed by atoms with Crippen LogP contribution in [0, 0.1) is 4.77 Å². The average Bonchev–Trinajstić information content (AvgIpc) is 3.01. The summed E-state index contributed by atoms with van der Waals surface area (Å²) in [6, 6.07) is 17.2. The average molecular weight is 371 g/mol. The molecule has 1 heterocycles.